The number of thiocarbonyl (C=S) groups is 1. The van der Waals surface area contributed by atoms with Crippen LogP contribution in [0.3, 0.4) is 0 Å². The number of thioether (sulfide) groups is 1. The summed E-state index contributed by atoms with van der Waals surface area (Å²) < 4.78 is 16.2. The number of pyridine rings is 1. The minimum Gasteiger partial charge on any atom is -0.480 e. The maximum absolute atomic E-state index is 14.4. The van der Waals surface area contributed by atoms with Gasteiger partial charge in [-0.25, -0.2) is 4.39 Å². The molecule has 0 bridgehead atoms. The smallest absolute Gasteiger partial charge is 0.323 e. The van der Waals surface area contributed by atoms with Crippen LogP contribution in [0.25, 0.3) is 6.08 Å². The Labute approximate surface area is 235 Å². The zero-order valence-corrected chi connectivity index (χ0v) is 23.3. The van der Waals surface area contributed by atoms with Crippen molar-refractivity contribution < 1.29 is 19.1 Å². The Morgan fingerprint density at radius 3 is 2.49 bits per heavy atom. The Hall–Kier alpha value is -3.69. The van der Waals surface area contributed by atoms with Gasteiger partial charge >= 0.3 is 5.97 Å². The quantitative estimate of drug-likeness (QED) is 0.377. The third kappa shape index (κ3) is 5.69. The van der Waals surface area contributed by atoms with Crippen molar-refractivity contribution in [1.29, 1.82) is 5.26 Å². The molecule has 39 heavy (non-hydrogen) atoms. The van der Waals surface area contributed by atoms with E-state index in [-0.39, 0.29) is 20.6 Å². The number of carbonyl (C=O) groups is 2. The lowest BCUT2D eigenvalue weighted by molar-refractivity contribution is -0.140. The second-order valence-corrected chi connectivity index (χ2v) is 10.9. The molecule has 204 valence electrons. The summed E-state index contributed by atoms with van der Waals surface area (Å²) in [6, 6.07) is 8.62. The molecule has 2 aliphatic rings. The van der Waals surface area contributed by atoms with Crippen LogP contribution in [0.2, 0.25) is 0 Å². The van der Waals surface area contributed by atoms with Gasteiger partial charge in [0.2, 0.25) is 0 Å². The number of anilines is 2. The van der Waals surface area contributed by atoms with Gasteiger partial charge in [-0.05, 0) is 37.1 Å². The van der Waals surface area contributed by atoms with Crippen LogP contribution in [0.1, 0.15) is 36.5 Å². The van der Waals surface area contributed by atoms with Crippen LogP contribution in [-0.4, -0.2) is 63.5 Å². The van der Waals surface area contributed by atoms with Gasteiger partial charge in [-0.15, -0.1) is 0 Å². The van der Waals surface area contributed by atoms with Gasteiger partial charge in [-0.1, -0.05) is 49.5 Å². The number of nitriles is 1. The van der Waals surface area contributed by atoms with E-state index >= 15 is 0 Å². The molecule has 1 aromatic carbocycles. The number of benzene rings is 1. The van der Waals surface area contributed by atoms with E-state index in [9.17, 15) is 29.1 Å². The number of amides is 1. The number of unbranched alkanes of at least 4 members (excludes halogenated alkanes) is 1. The Balaban J connectivity index is 1.80. The van der Waals surface area contributed by atoms with Crippen molar-refractivity contribution in [2.45, 2.75) is 33.2 Å². The molecule has 0 saturated carbocycles. The highest BCUT2D eigenvalue weighted by Crippen LogP contribution is 2.36. The highest BCUT2D eigenvalue weighted by atomic mass is 32.2. The van der Waals surface area contributed by atoms with Gasteiger partial charge in [0.15, 0.2) is 0 Å². The molecule has 2 aliphatic heterocycles. The molecule has 2 fully saturated rings. The number of carboxylic acid groups (broad SMARTS) is 1. The lowest BCUT2D eigenvalue weighted by Crippen LogP contribution is -2.49. The number of nitrogens with zero attached hydrogens (tertiary/aromatic N) is 5. The molecule has 2 aromatic rings. The van der Waals surface area contributed by atoms with Gasteiger partial charge in [-0.2, -0.15) is 5.26 Å². The summed E-state index contributed by atoms with van der Waals surface area (Å²) in [6.45, 7) is 5.47. The lowest BCUT2D eigenvalue weighted by atomic mass is 10.0. The van der Waals surface area contributed by atoms with Crippen LogP contribution in [0.5, 0.6) is 0 Å². The standard InChI is InChI=1S/C27H28FN5O4S2/c1-3-4-9-32-24(31-12-10-30(11-13-31)21-8-6-5-7-20(21)28)18(17(2)19(15-29)25(32)36)14-22-26(37)33(16-23(34)35)27(38)39-22/h5-8,14H,3-4,9-13,16H2,1-2H3,(H,34,35)/b22-14-. The first-order valence-electron chi connectivity index (χ1n) is 12.6. The molecule has 0 unspecified atom stereocenters. The van der Waals surface area contributed by atoms with Crippen molar-refractivity contribution in [2.24, 2.45) is 0 Å². The number of halogens is 1. The lowest BCUT2D eigenvalue weighted by Gasteiger charge is -2.39. The molecule has 1 amide bonds. The largest absolute Gasteiger partial charge is 0.480 e. The SMILES string of the molecule is CCCCn1c(N2CCN(c3ccccc3F)CC2)c(/C=C2\SC(=S)N(CC(=O)O)C2=O)c(C)c(C#N)c1=O. The number of aliphatic carboxylic acids is 1. The number of carbonyl (C=O) groups excluding carboxylic acids is 1. The van der Waals surface area contributed by atoms with Gasteiger partial charge in [0.25, 0.3) is 11.5 Å². The van der Waals surface area contributed by atoms with E-state index in [4.69, 9.17) is 12.2 Å². The molecule has 0 spiro atoms. The maximum Gasteiger partial charge on any atom is 0.323 e. The molecular weight excluding hydrogens is 541 g/mol. The highest BCUT2D eigenvalue weighted by molar-refractivity contribution is 8.26. The van der Waals surface area contributed by atoms with Gasteiger partial charge < -0.3 is 14.9 Å². The van der Waals surface area contributed by atoms with Crippen LogP contribution in [0.15, 0.2) is 34.0 Å². The number of para-hydroxylation sites is 1. The first-order valence-corrected chi connectivity index (χ1v) is 13.8. The summed E-state index contributed by atoms with van der Waals surface area (Å²) in [5.41, 5.74) is 1.08. The predicted octanol–water partition coefficient (Wildman–Crippen LogP) is 3.58. The summed E-state index contributed by atoms with van der Waals surface area (Å²) in [5.74, 6) is -1.44. The number of carboxylic acids is 1. The van der Waals surface area contributed by atoms with Crippen molar-refractivity contribution in [2.75, 3.05) is 42.5 Å². The van der Waals surface area contributed by atoms with Crippen molar-refractivity contribution in [3.63, 3.8) is 0 Å². The van der Waals surface area contributed by atoms with Crippen LogP contribution >= 0.6 is 24.0 Å². The third-order valence-electron chi connectivity index (χ3n) is 6.80. The molecule has 4 rings (SSSR count). The molecular formula is C27H28FN5O4S2. The topological polar surface area (TPSA) is 110 Å². The fraction of sp³-hybridized carbons (Fsp3) is 0.370. The normalized spacial score (nSPS) is 16.8. The molecule has 0 aliphatic carbocycles. The zero-order chi connectivity index (χ0) is 28.3. The minimum atomic E-state index is -1.18. The molecule has 1 N–H and O–H groups in total. The van der Waals surface area contributed by atoms with Crippen molar-refractivity contribution in [1.82, 2.24) is 9.47 Å². The molecule has 0 radical (unpaired) electrons. The number of rotatable bonds is 8. The summed E-state index contributed by atoms with van der Waals surface area (Å²) in [5, 5.41) is 19.0. The minimum absolute atomic E-state index is 0.00731. The van der Waals surface area contributed by atoms with Crippen LogP contribution in [0, 0.1) is 24.1 Å². The molecule has 2 saturated heterocycles. The Morgan fingerprint density at radius 1 is 1.21 bits per heavy atom. The number of aromatic nitrogens is 1. The second kappa shape index (κ2) is 12.0. The van der Waals surface area contributed by atoms with Crippen molar-refractivity contribution >= 4 is 57.8 Å². The fourth-order valence-electron chi connectivity index (χ4n) is 4.78. The first-order chi connectivity index (χ1) is 18.7. The molecule has 0 atom stereocenters. The summed E-state index contributed by atoms with van der Waals surface area (Å²) in [6.07, 6.45) is 3.14. The Bertz CT molecular complexity index is 1460. The second-order valence-electron chi connectivity index (χ2n) is 9.25. The molecule has 12 heteroatoms. The van der Waals surface area contributed by atoms with Gasteiger partial charge in [0.05, 0.1) is 10.6 Å². The van der Waals surface area contributed by atoms with Crippen LogP contribution in [0.4, 0.5) is 15.9 Å². The molecule has 3 heterocycles. The highest BCUT2D eigenvalue weighted by Gasteiger charge is 2.35. The summed E-state index contributed by atoms with van der Waals surface area (Å²) in [4.78, 5) is 43.0. The van der Waals surface area contributed by atoms with Gasteiger partial charge in [0, 0.05) is 38.3 Å². The van der Waals surface area contributed by atoms with E-state index < -0.39 is 24.0 Å². The van der Waals surface area contributed by atoms with E-state index in [1.54, 1.807) is 35.8 Å². The Kier molecular flexibility index (Phi) is 8.72. The average Bonchev–Trinajstić information content (AvgIpc) is 3.17. The summed E-state index contributed by atoms with van der Waals surface area (Å²) >= 11 is 6.24. The Morgan fingerprint density at radius 2 is 1.87 bits per heavy atom. The molecule has 1 aromatic heterocycles. The van der Waals surface area contributed by atoms with Crippen LogP contribution in [-0.2, 0) is 16.1 Å². The first kappa shape index (κ1) is 28.3. The monoisotopic (exact) mass is 569 g/mol. The van der Waals surface area contributed by atoms with E-state index in [2.05, 4.69) is 0 Å². The van der Waals surface area contributed by atoms with Gasteiger partial charge in [-0.3, -0.25) is 23.9 Å². The number of hydrogen-bond acceptors (Lipinski definition) is 8. The van der Waals surface area contributed by atoms with Gasteiger partial charge in [0.1, 0.15) is 34.1 Å². The molecule has 9 nitrogen and oxygen atoms in total. The van der Waals surface area contributed by atoms with E-state index in [0.29, 0.717) is 61.8 Å². The average molecular weight is 570 g/mol. The van der Waals surface area contributed by atoms with Crippen molar-refractivity contribution in [3.05, 3.63) is 62.0 Å². The maximum atomic E-state index is 14.4. The van der Waals surface area contributed by atoms with Crippen molar-refractivity contribution in [3.8, 4) is 6.07 Å². The van der Waals surface area contributed by atoms with E-state index in [1.165, 1.54) is 6.07 Å². The zero-order valence-electron chi connectivity index (χ0n) is 21.6. The third-order valence-corrected chi connectivity index (χ3v) is 8.17. The number of hydrogen-bond donors (Lipinski definition) is 1. The van der Waals surface area contributed by atoms with E-state index in [1.807, 2.05) is 22.8 Å². The number of piperazine rings is 1. The predicted molar refractivity (Wildman–Crippen MR) is 153 cm³/mol. The van der Waals surface area contributed by atoms with E-state index in [0.717, 1.165) is 23.1 Å². The van der Waals surface area contributed by atoms with Crippen LogP contribution < -0.4 is 15.4 Å². The fourth-order valence-corrected chi connectivity index (χ4v) is 6.02. The summed E-state index contributed by atoms with van der Waals surface area (Å²) in [7, 11) is 0.